The summed E-state index contributed by atoms with van der Waals surface area (Å²) in [5.41, 5.74) is 2.80. The van der Waals surface area contributed by atoms with Gasteiger partial charge in [-0.15, -0.1) is 0 Å². The highest BCUT2D eigenvalue weighted by Gasteiger charge is 2.53. The highest BCUT2D eigenvalue weighted by atomic mass is 16.3. The van der Waals surface area contributed by atoms with Gasteiger partial charge in [-0.3, -0.25) is 4.79 Å². The van der Waals surface area contributed by atoms with Crippen LogP contribution >= 0.6 is 0 Å². The first-order valence-corrected chi connectivity index (χ1v) is 10.2. The Balaban J connectivity index is 1.48. The fourth-order valence-electron chi connectivity index (χ4n) is 6.12. The van der Waals surface area contributed by atoms with Crippen LogP contribution in [0.5, 0.6) is 5.75 Å². The summed E-state index contributed by atoms with van der Waals surface area (Å²) in [6.45, 7) is 6.11. The van der Waals surface area contributed by atoms with Crippen LogP contribution in [0.4, 0.5) is 5.69 Å². The van der Waals surface area contributed by atoms with Crippen molar-refractivity contribution in [3.63, 3.8) is 0 Å². The van der Waals surface area contributed by atoms with E-state index in [0.717, 1.165) is 53.8 Å². The molecule has 4 saturated carbocycles. The van der Waals surface area contributed by atoms with Gasteiger partial charge >= 0.3 is 0 Å². The lowest BCUT2D eigenvalue weighted by Crippen LogP contribution is -2.49. The van der Waals surface area contributed by atoms with Crippen molar-refractivity contribution in [2.24, 2.45) is 23.2 Å². The molecule has 2 N–H and O–H groups in total. The normalized spacial score (nSPS) is 32.5. The average Bonchev–Trinajstić information content (AvgIpc) is 2.55. The van der Waals surface area contributed by atoms with Gasteiger partial charge in [0.25, 0.3) is 0 Å². The van der Waals surface area contributed by atoms with Crippen LogP contribution in [-0.2, 0) is 4.79 Å². The molecule has 0 aliphatic heterocycles. The third kappa shape index (κ3) is 3.06. The molecule has 0 unspecified atom stereocenters. The second-order valence-electron chi connectivity index (χ2n) is 9.42. The highest BCUT2D eigenvalue weighted by Crippen LogP contribution is 2.60. The van der Waals surface area contributed by atoms with Gasteiger partial charge in [0, 0.05) is 17.3 Å². The van der Waals surface area contributed by atoms with Crippen LogP contribution in [0.2, 0.25) is 0 Å². The molecule has 0 spiro atoms. The van der Waals surface area contributed by atoms with E-state index in [1.165, 1.54) is 19.3 Å². The maximum Gasteiger partial charge on any atom is 0.163 e. The predicted molar refractivity (Wildman–Crippen MR) is 105 cm³/mol. The molecule has 0 radical (unpaired) electrons. The van der Waals surface area contributed by atoms with Crippen molar-refractivity contribution >= 4 is 11.5 Å². The second kappa shape index (κ2) is 6.44. The van der Waals surface area contributed by atoms with Crippen molar-refractivity contribution in [2.45, 2.75) is 65.2 Å². The van der Waals surface area contributed by atoms with Crippen molar-refractivity contribution in [3.8, 4) is 5.75 Å². The lowest BCUT2D eigenvalue weighted by Gasteiger charge is -2.55. The molecule has 26 heavy (non-hydrogen) atoms. The number of hydrogen-bond donors (Lipinski definition) is 2. The Bertz CT molecular complexity index is 712. The van der Waals surface area contributed by atoms with Gasteiger partial charge in [-0.05, 0) is 98.5 Å². The van der Waals surface area contributed by atoms with Crippen LogP contribution < -0.4 is 5.32 Å². The minimum Gasteiger partial charge on any atom is -0.508 e. The van der Waals surface area contributed by atoms with E-state index in [-0.39, 0.29) is 11.3 Å². The van der Waals surface area contributed by atoms with Crippen LogP contribution in [0.1, 0.15) is 69.4 Å². The molecule has 4 fully saturated rings. The van der Waals surface area contributed by atoms with Crippen molar-refractivity contribution in [1.29, 1.82) is 0 Å². The number of carbonyl (C=O) groups excluding carboxylic acids is 1. The van der Waals surface area contributed by atoms with E-state index in [2.05, 4.69) is 19.2 Å². The molecule has 3 heteroatoms. The molecule has 0 atom stereocenters. The standard InChI is InChI=1S/C23H31NO2/c1-14(2)19-10-20(15(3)6-21(19)25)24-5-4-22(26)23-11-16-7-17(12-23)9-18(8-16)13-23/h4-6,10,14,16-18,24-25H,7-9,11-13H2,1-3H3/b5-4+. The molecule has 4 aliphatic rings. The molecular formula is C23H31NO2. The first kappa shape index (κ1) is 17.6. The van der Waals surface area contributed by atoms with Gasteiger partial charge in [0.2, 0.25) is 0 Å². The maximum absolute atomic E-state index is 13.0. The number of phenols is 1. The quantitative estimate of drug-likeness (QED) is 0.540. The highest BCUT2D eigenvalue weighted by molar-refractivity contribution is 5.95. The SMILES string of the molecule is Cc1cc(O)c(C(C)C)cc1N/C=C/C(=O)C12CC3CC(CC(C3)C1)C2. The molecule has 0 heterocycles. The number of aromatic hydroxyl groups is 1. The minimum absolute atomic E-state index is 0.0694. The Hall–Kier alpha value is -1.77. The third-order valence-corrected chi connectivity index (χ3v) is 7.03. The Morgan fingerprint density at radius 2 is 1.73 bits per heavy atom. The topological polar surface area (TPSA) is 49.3 Å². The summed E-state index contributed by atoms with van der Waals surface area (Å²) in [6.07, 6.45) is 11.0. The number of allylic oxidation sites excluding steroid dienone is 1. The van der Waals surface area contributed by atoms with Crippen LogP contribution in [0.25, 0.3) is 0 Å². The van der Waals surface area contributed by atoms with Gasteiger partial charge in [-0.25, -0.2) is 0 Å². The lowest BCUT2D eigenvalue weighted by molar-refractivity contribution is -0.138. The number of anilines is 1. The van der Waals surface area contributed by atoms with Gasteiger partial charge in [0.05, 0.1) is 0 Å². The van der Waals surface area contributed by atoms with E-state index in [9.17, 15) is 9.90 Å². The lowest BCUT2D eigenvalue weighted by atomic mass is 9.48. The summed E-state index contributed by atoms with van der Waals surface area (Å²) in [5.74, 6) is 3.30. The van der Waals surface area contributed by atoms with Crippen molar-refractivity contribution in [1.82, 2.24) is 0 Å². The number of ketones is 1. The number of nitrogens with one attached hydrogen (secondary N) is 1. The van der Waals surface area contributed by atoms with Gasteiger partial charge < -0.3 is 10.4 Å². The summed E-state index contributed by atoms with van der Waals surface area (Å²) in [5, 5.41) is 13.4. The molecule has 0 saturated heterocycles. The van der Waals surface area contributed by atoms with E-state index in [4.69, 9.17) is 0 Å². The number of carbonyl (C=O) groups is 1. The fraction of sp³-hybridized carbons (Fsp3) is 0.609. The zero-order chi connectivity index (χ0) is 18.5. The summed E-state index contributed by atoms with van der Waals surface area (Å²) in [6, 6.07) is 3.79. The summed E-state index contributed by atoms with van der Waals surface area (Å²) < 4.78 is 0. The zero-order valence-electron chi connectivity index (χ0n) is 16.2. The number of benzene rings is 1. The average molecular weight is 354 g/mol. The number of phenolic OH excluding ortho intramolecular Hbond substituents is 1. The van der Waals surface area contributed by atoms with E-state index in [1.807, 2.05) is 19.2 Å². The van der Waals surface area contributed by atoms with E-state index < -0.39 is 0 Å². The van der Waals surface area contributed by atoms with Gasteiger partial charge in [0.15, 0.2) is 5.78 Å². The predicted octanol–water partition coefficient (Wildman–Crippen LogP) is 5.54. The molecule has 1 aromatic rings. The van der Waals surface area contributed by atoms with Crippen LogP contribution in [-0.4, -0.2) is 10.9 Å². The molecule has 4 bridgehead atoms. The number of aryl methyl sites for hydroxylation is 1. The molecule has 4 aliphatic carbocycles. The maximum atomic E-state index is 13.0. The number of hydrogen-bond acceptors (Lipinski definition) is 3. The van der Waals surface area contributed by atoms with Crippen molar-refractivity contribution in [2.75, 3.05) is 5.32 Å². The largest absolute Gasteiger partial charge is 0.508 e. The molecule has 1 aromatic carbocycles. The van der Waals surface area contributed by atoms with Crippen LogP contribution in [0, 0.1) is 30.1 Å². The minimum atomic E-state index is -0.0694. The van der Waals surface area contributed by atoms with E-state index in [1.54, 1.807) is 12.1 Å². The smallest absolute Gasteiger partial charge is 0.163 e. The zero-order valence-corrected chi connectivity index (χ0v) is 16.2. The summed E-state index contributed by atoms with van der Waals surface area (Å²) in [4.78, 5) is 13.0. The third-order valence-electron chi connectivity index (χ3n) is 7.03. The van der Waals surface area contributed by atoms with Gasteiger partial charge in [-0.1, -0.05) is 13.8 Å². The first-order valence-electron chi connectivity index (χ1n) is 10.2. The monoisotopic (exact) mass is 353 g/mol. The van der Waals surface area contributed by atoms with E-state index >= 15 is 0 Å². The fourth-order valence-corrected chi connectivity index (χ4v) is 6.12. The summed E-state index contributed by atoms with van der Waals surface area (Å²) in [7, 11) is 0. The Kier molecular flexibility index (Phi) is 4.37. The summed E-state index contributed by atoms with van der Waals surface area (Å²) >= 11 is 0. The van der Waals surface area contributed by atoms with Crippen LogP contribution in [0.15, 0.2) is 24.4 Å². The molecule has 5 rings (SSSR count). The Labute approximate surface area is 156 Å². The number of rotatable bonds is 5. The van der Waals surface area contributed by atoms with E-state index in [0.29, 0.717) is 11.5 Å². The molecule has 3 nitrogen and oxygen atoms in total. The molecule has 0 amide bonds. The second-order valence-corrected chi connectivity index (χ2v) is 9.42. The van der Waals surface area contributed by atoms with Crippen molar-refractivity contribution < 1.29 is 9.90 Å². The Morgan fingerprint density at radius 3 is 2.27 bits per heavy atom. The van der Waals surface area contributed by atoms with Crippen LogP contribution in [0.3, 0.4) is 0 Å². The van der Waals surface area contributed by atoms with Gasteiger partial charge in [-0.2, -0.15) is 0 Å². The van der Waals surface area contributed by atoms with Crippen molar-refractivity contribution in [3.05, 3.63) is 35.5 Å². The molecule has 140 valence electrons. The first-order chi connectivity index (χ1) is 12.4. The van der Waals surface area contributed by atoms with Gasteiger partial charge in [0.1, 0.15) is 5.75 Å². The molecular weight excluding hydrogens is 322 g/mol. The Morgan fingerprint density at radius 1 is 1.15 bits per heavy atom. The molecule has 0 aromatic heterocycles.